The Kier molecular flexibility index (Phi) is 5.18. The average molecular weight is 296 g/mol. The van der Waals surface area contributed by atoms with Crippen molar-refractivity contribution in [2.45, 2.75) is 32.7 Å². The molecule has 0 atom stereocenters. The van der Waals surface area contributed by atoms with Crippen LogP contribution < -0.4 is 5.32 Å². The first kappa shape index (κ1) is 15.5. The first-order valence-corrected chi connectivity index (χ1v) is 8.88. The van der Waals surface area contributed by atoms with E-state index in [2.05, 4.69) is 17.4 Å². The molecule has 1 heterocycles. The van der Waals surface area contributed by atoms with E-state index in [1.165, 1.54) is 11.1 Å². The molecule has 0 saturated heterocycles. The minimum atomic E-state index is -3.15. The molecular weight excluding hydrogens is 272 g/mol. The predicted molar refractivity (Wildman–Crippen MR) is 82.3 cm³/mol. The smallest absolute Gasteiger partial charge is 0.215 e. The standard InChI is InChI=1S/C15H24N2O2S/c1-13(2)16-9-12-20(18,19)17-10-7-14-5-3-4-6-15(14)8-11-17/h3-6,13,16H,7-12H2,1-2H3. The summed E-state index contributed by atoms with van der Waals surface area (Å²) >= 11 is 0. The van der Waals surface area contributed by atoms with Gasteiger partial charge in [0, 0.05) is 25.7 Å². The van der Waals surface area contributed by atoms with Crippen LogP contribution in [0.1, 0.15) is 25.0 Å². The summed E-state index contributed by atoms with van der Waals surface area (Å²) in [4.78, 5) is 0. The minimum absolute atomic E-state index is 0.182. The number of fused-ring (bicyclic) bond motifs is 1. The molecule has 1 aliphatic heterocycles. The molecule has 20 heavy (non-hydrogen) atoms. The number of hydrogen-bond acceptors (Lipinski definition) is 3. The van der Waals surface area contributed by atoms with Crippen molar-refractivity contribution in [1.29, 1.82) is 0 Å². The van der Waals surface area contributed by atoms with Crippen LogP contribution in [0.3, 0.4) is 0 Å². The van der Waals surface area contributed by atoms with E-state index in [0.717, 1.165) is 12.8 Å². The second-order valence-corrected chi connectivity index (χ2v) is 7.68. The van der Waals surface area contributed by atoms with Gasteiger partial charge in [0.15, 0.2) is 0 Å². The monoisotopic (exact) mass is 296 g/mol. The van der Waals surface area contributed by atoms with Crippen molar-refractivity contribution in [2.75, 3.05) is 25.4 Å². The second kappa shape index (κ2) is 6.70. The van der Waals surface area contributed by atoms with Gasteiger partial charge in [-0.25, -0.2) is 12.7 Å². The highest BCUT2D eigenvalue weighted by Gasteiger charge is 2.24. The van der Waals surface area contributed by atoms with Crippen LogP contribution in [-0.2, 0) is 22.9 Å². The Morgan fingerprint density at radius 2 is 1.70 bits per heavy atom. The van der Waals surface area contributed by atoms with E-state index in [1.54, 1.807) is 4.31 Å². The molecule has 4 nitrogen and oxygen atoms in total. The van der Waals surface area contributed by atoms with Gasteiger partial charge in [-0.3, -0.25) is 0 Å². The highest BCUT2D eigenvalue weighted by Crippen LogP contribution is 2.17. The van der Waals surface area contributed by atoms with Gasteiger partial charge in [-0.05, 0) is 24.0 Å². The Morgan fingerprint density at radius 3 is 2.20 bits per heavy atom. The molecule has 0 unspecified atom stereocenters. The summed E-state index contributed by atoms with van der Waals surface area (Å²) in [5.74, 6) is 0.182. The molecular formula is C15H24N2O2S. The van der Waals surface area contributed by atoms with Crippen LogP contribution in [-0.4, -0.2) is 44.2 Å². The van der Waals surface area contributed by atoms with Crippen LogP contribution in [0.15, 0.2) is 24.3 Å². The fourth-order valence-corrected chi connectivity index (χ4v) is 3.90. The lowest BCUT2D eigenvalue weighted by Crippen LogP contribution is -2.39. The van der Waals surface area contributed by atoms with Gasteiger partial charge in [-0.2, -0.15) is 0 Å². The minimum Gasteiger partial charge on any atom is -0.313 e. The summed E-state index contributed by atoms with van der Waals surface area (Å²) in [7, 11) is -3.15. The fraction of sp³-hybridized carbons (Fsp3) is 0.600. The van der Waals surface area contributed by atoms with Gasteiger partial charge < -0.3 is 5.32 Å². The molecule has 0 saturated carbocycles. The molecule has 2 rings (SSSR count). The van der Waals surface area contributed by atoms with Crippen molar-refractivity contribution in [3.8, 4) is 0 Å². The third-order valence-corrected chi connectivity index (χ3v) is 5.56. The Labute approximate surface area is 122 Å². The van der Waals surface area contributed by atoms with Gasteiger partial charge in [-0.1, -0.05) is 38.1 Å². The molecule has 1 N–H and O–H groups in total. The summed E-state index contributed by atoms with van der Waals surface area (Å²) in [6.07, 6.45) is 1.63. The first-order valence-electron chi connectivity index (χ1n) is 7.27. The maximum Gasteiger partial charge on any atom is 0.215 e. The van der Waals surface area contributed by atoms with Crippen LogP contribution in [0.4, 0.5) is 0 Å². The predicted octanol–water partition coefficient (Wildman–Crippen LogP) is 1.41. The Hall–Kier alpha value is -0.910. The van der Waals surface area contributed by atoms with Crippen LogP contribution in [0.25, 0.3) is 0 Å². The summed E-state index contributed by atoms with van der Waals surface area (Å²) in [5, 5.41) is 3.17. The Bertz CT molecular complexity index is 514. The van der Waals surface area contributed by atoms with Crippen LogP contribution >= 0.6 is 0 Å². The molecule has 0 bridgehead atoms. The molecule has 0 amide bonds. The van der Waals surface area contributed by atoms with Gasteiger partial charge in [0.25, 0.3) is 0 Å². The number of benzene rings is 1. The second-order valence-electron chi connectivity index (χ2n) is 5.59. The van der Waals surface area contributed by atoms with Crippen molar-refractivity contribution in [3.63, 3.8) is 0 Å². The number of hydrogen-bond donors (Lipinski definition) is 1. The Morgan fingerprint density at radius 1 is 1.15 bits per heavy atom. The summed E-state index contributed by atoms with van der Waals surface area (Å²) in [6.45, 7) is 5.76. The maximum absolute atomic E-state index is 12.4. The largest absolute Gasteiger partial charge is 0.313 e. The van der Waals surface area contributed by atoms with Gasteiger partial charge >= 0.3 is 0 Å². The van der Waals surface area contributed by atoms with Gasteiger partial charge in [0.2, 0.25) is 10.0 Å². The third kappa shape index (κ3) is 4.04. The molecule has 1 aromatic carbocycles. The quantitative estimate of drug-likeness (QED) is 0.894. The molecule has 0 aliphatic carbocycles. The van der Waals surface area contributed by atoms with Gasteiger partial charge in [0.1, 0.15) is 0 Å². The lowest BCUT2D eigenvalue weighted by molar-refractivity contribution is 0.425. The van der Waals surface area contributed by atoms with Crippen LogP contribution in [0, 0.1) is 0 Å². The molecule has 0 fully saturated rings. The van der Waals surface area contributed by atoms with Crippen molar-refractivity contribution >= 4 is 10.0 Å². The molecule has 0 aromatic heterocycles. The zero-order valence-corrected chi connectivity index (χ0v) is 13.1. The lowest BCUT2D eigenvalue weighted by Gasteiger charge is -2.20. The van der Waals surface area contributed by atoms with E-state index in [0.29, 0.717) is 25.7 Å². The van der Waals surface area contributed by atoms with E-state index >= 15 is 0 Å². The van der Waals surface area contributed by atoms with E-state index in [9.17, 15) is 8.42 Å². The SMILES string of the molecule is CC(C)NCCS(=O)(=O)N1CCc2ccccc2CC1. The highest BCUT2D eigenvalue weighted by molar-refractivity contribution is 7.89. The zero-order chi connectivity index (χ0) is 14.6. The van der Waals surface area contributed by atoms with Crippen molar-refractivity contribution in [1.82, 2.24) is 9.62 Å². The number of nitrogens with zero attached hydrogens (tertiary/aromatic N) is 1. The number of sulfonamides is 1. The highest BCUT2D eigenvalue weighted by atomic mass is 32.2. The topological polar surface area (TPSA) is 49.4 Å². The van der Waals surface area contributed by atoms with Crippen molar-refractivity contribution in [3.05, 3.63) is 35.4 Å². The van der Waals surface area contributed by atoms with Crippen molar-refractivity contribution < 1.29 is 8.42 Å². The number of rotatable bonds is 5. The van der Waals surface area contributed by atoms with Crippen LogP contribution in [0.2, 0.25) is 0 Å². The van der Waals surface area contributed by atoms with E-state index in [4.69, 9.17) is 0 Å². The molecule has 5 heteroatoms. The Balaban J connectivity index is 1.97. The molecule has 0 spiro atoms. The molecule has 1 aromatic rings. The molecule has 112 valence electrons. The normalized spacial score (nSPS) is 16.9. The van der Waals surface area contributed by atoms with E-state index in [1.807, 2.05) is 26.0 Å². The summed E-state index contributed by atoms with van der Waals surface area (Å²) < 4.78 is 26.4. The maximum atomic E-state index is 12.4. The van der Waals surface area contributed by atoms with E-state index < -0.39 is 10.0 Å². The molecule has 1 aliphatic rings. The van der Waals surface area contributed by atoms with Crippen molar-refractivity contribution in [2.24, 2.45) is 0 Å². The molecule has 0 radical (unpaired) electrons. The summed E-state index contributed by atoms with van der Waals surface area (Å²) in [6, 6.07) is 8.57. The zero-order valence-electron chi connectivity index (χ0n) is 12.3. The van der Waals surface area contributed by atoms with Gasteiger partial charge in [0.05, 0.1) is 5.75 Å². The number of nitrogens with one attached hydrogen (secondary N) is 1. The first-order chi connectivity index (χ1) is 9.49. The fourth-order valence-electron chi connectivity index (χ4n) is 2.53. The van der Waals surface area contributed by atoms with Crippen LogP contribution in [0.5, 0.6) is 0 Å². The van der Waals surface area contributed by atoms with E-state index in [-0.39, 0.29) is 5.75 Å². The summed E-state index contributed by atoms with van der Waals surface area (Å²) in [5.41, 5.74) is 2.57. The van der Waals surface area contributed by atoms with Gasteiger partial charge in [-0.15, -0.1) is 0 Å². The lowest BCUT2D eigenvalue weighted by atomic mass is 10.0. The third-order valence-electron chi connectivity index (χ3n) is 3.69. The average Bonchev–Trinajstić information content (AvgIpc) is 2.60.